The number of para-hydroxylation sites is 1. The second kappa shape index (κ2) is 6.74. The molecule has 0 spiro atoms. The minimum absolute atomic E-state index is 0.119. The standard InChI is InChI=1S/C16H16N4O2S2/c1-9-8-23-15(17-9)19-13(21)10(2)24-16-18-12-7-5-4-6-11(12)14(22)20(16)3/h4-8,10H,1-3H3,(H,17,19,21). The van der Waals surface area contributed by atoms with Crippen LogP contribution >= 0.6 is 23.1 Å². The van der Waals surface area contributed by atoms with Gasteiger partial charge in [0.2, 0.25) is 5.91 Å². The summed E-state index contributed by atoms with van der Waals surface area (Å²) in [6.45, 7) is 3.65. The fraction of sp³-hybridized carbons (Fsp3) is 0.250. The number of rotatable bonds is 4. The van der Waals surface area contributed by atoms with Crippen LogP contribution in [-0.4, -0.2) is 25.7 Å². The summed E-state index contributed by atoms with van der Waals surface area (Å²) in [6, 6.07) is 7.19. The Labute approximate surface area is 147 Å². The van der Waals surface area contributed by atoms with E-state index < -0.39 is 5.25 Å². The minimum atomic E-state index is -0.409. The molecule has 0 saturated carbocycles. The molecule has 1 N–H and O–H groups in total. The Kier molecular flexibility index (Phi) is 4.68. The molecule has 3 rings (SSSR count). The van der Waals surface area contributed by atoms with Gasteiger partial charge in [0, 0.05) is 12.4 Å². The van der Waals surface area contributed by atoms with E-state index in [2.05, 4.69) is 15.3 Å². The highest BCUT2D eigenvalue weighted by Gasteiger charge is 2.19. The molecule has 0 fully saturated rings. The van der Waals surface area contributed by atoms with Crippen LogP contribution in [0.1, 0.15) is 12.6 Å². The van der Waals surface area contributed by atoms with Gasteiger partial charge in [-0.05, 0) is 26.0 Å². The Bertz CT molecular complexity index is 964. The molecule has 124 valence electrons. The van der Waals surface area contributed by atoms with Crippen LogP contribution in [0.4, 0.5) is 5.13 Å². The molecule has 0 saturated heterocycles. The molecular formula is C16H16N4O2S2. The van der Waals surface area contributed by atoms with Crippen molar-refractivity contribution in [1.82, 2.24) is 14.5 Å². The van der Waals surface area contributed by atoms with Gasteiger partial charge >= 0.3 is 0 Å². The zero-order chi connectivity index (χ0) is 17.3. The Morgan fingerprint density at radius 3 is 2.79 bits per heavy atom. The van der Waals surface area contributed by atoms with Crippen LogP contribution in [-0.2, 0) is 11.8 Å². The van der Waals surface area contributed by atoms with E-state index in [0.717, 1.165) is 5.69 Å². The van der Waals surface area contributed by atoms with Gasteiger partial charge < -0.3 is 5.32 Å². The third kappa shape index (κ3) is 3.34. The van der Waals surface area contributed by atoms with Crippen LogP contribution in [0.2, 0.25) is 0 Å². The molecule has 24 heavy (non-hydrogen) atoms. The van der Waals surface area contributed by atoms with Crippen LogP contribution in [0.5, 0.6) is 0 Å². The quantitative estimate of drug-likeness (QED) is 0.572. The molecule has 6 nitrogen and oxygen atoms in total. The molecule has 0 aliphatic rings. The number of hydrogen-bond acceptors (Lipinski definition) is 6. The summed E-state index contributed by atoms with van der Waals surface area (Å²) in [5.41, 5.74) is 1.38. The van der Waals surface area contributed by atoms with Gasteiger partial charge in [0.15, 0.2) is 10.3 Å². The first-order valence-corrected chi connectivity index (χ1v) is 9.07. The molecule has 0 radical (unpaired) electrons. The maximum Gasteiger partial charge on any atom is 0.261 e. The number of thiazole rings is 1. The van der Waals surface area contributed by atoms with E-state index in [1.54, 1.807) is 26.1 Å². The van der Waals surface area contributed by atoms with Gasteiger partial charge in [-0.2, -0.15) is 0 Å². The van der Waals surface area contributed by atoms with Gasteiger partial charge in [-0.25, -0.2) is 9.97 Å². The van der Waals surface area contributed by atoms with Crippen molar-refractivity contribution in [2.75, 3.05) is 5.32 Å². The molecule has 0 aliphatic heterocycles. The fourth-order valence-electron chi connectivity index (χ4n) is 2.13. The Morgan fingerprint density at radius 1 is 1.33 bits per heavy atom. The van der Waals surface area contributed by atoms with E-state index in [1.807, 2.05) is 24.4 Å². The molecule has 1 unspecified atom stereocenters. The summed E-state index contributed by atoms with van der Waals surface area (Å²) in [7, 11) is 1.67. The number of anilines is 1. The summed E-state index contributed by atoms with van der Waals surface area (Å²) >= 11 is 2.64. The van der Waals surface area contributed by atoms with Gasteiger partial charge in [-0.1, -0.05) is 23.9 Å². The van der Waals surface area contributed by atoms with Gasteiger partial charge in [0.1, 0.15) is 0 Å². The SMILES string of the molecule is Cc1csc(NC(=O)C(C)Sc2nc3ccccc3c(=O)n2C)n1. The number of hydrogen-bond donors (Lipinski definition) is 1. The molecule has 0 aliphatic carbocycles. The van der Waals surface area contributed by atoms with E-state index in [-0.39, 0.29) is 11.5 Å². The number of thioether (sulfide) groups is 1. The van der Waals surface area contributed by atoms with Crippen molar-refractivity contribution in [3.05, 3.63) is 45.7 Å². The smallest absolute Gasteiger partial charge is 0.261 e. The molecule has 3 aromatic rings. The minimum Gasteiger partial charge on any atom is -0.301 e. The zero-order valence-corrected chi connectivity index (χ0v) is 15.1. The van der Waals surface area contributed by atoms with Crippen molar-refractivity contribution in [1.29, 1.82) is 0 Å². The summed E-state index contributed by atoms with van der Waals surface area (Å²) in [5, 5.41) is 5.91. The number of carbonyl (C=O) groups excluding carboxylic acids is 1. The average Bonchev–Trinajstić information content (AvgIpc) is 2.97. The van der Waals surface area contributed by atoms with Crippen LogP contribution in [0, 0.1) is 6.92 Å². The highest BCUT2D eigenvalue weighted by Crippen LogP contribution is 2.23. The maximum absolute atomic E-state index is 12.4. The molecule has 1 amide bonds. The largest absolute Gasteiger partial charge is 0.301 e. The Morgan fingerprint density at radius 2 is 2.08 bits per heavy atom. The Hall–Kier alpha value is -2.19. The number of nitrogens with zero attached hydrogens (tertiary/aromatic N) is 3. The third-order valence-corrected chi connectivity index (χ3v) is 5.46. The number of aryl methyl sites for hydroxylation is 1. The van der Waals surface area contributed by atoms with E-state index in [4.69, 9.17) is 0 Å². The van der Waals surface area contributed by atoms with Crippen molar-refractivity contribution in [2.45, 2.75) is 24.3 Å². The van der Waals surface area contributed by atoms with Crippen molar-refractivity contribution >= 4 is 45.0 Å². The van der Waals surface area contributed by atoms with Gasteiger partial charge in [0.25, 0.3) is 5.56 Å². The van der Waals surface area contributed by atoms with Crippen molar-refractivity contribution in [3.63, 3.8) is 0 Å². The number of amides is 1. The lowest BCUT2D eigenvalue weighted by Crippen LogP contribution is -2.25. The Balaban J connectivity index is 1.82. The fourth-order valence-corrected chi connectivity index (χ4v) is 3.70. The maximum atomic E-state index is 12.4. The summed E-state index contributed by atoms with van der Waals surface area (Å²) in [4.78, 5) is 33.4. The van der Waals surface area contributed by atoms with E-state index in [0.29, 0.717) is 21.2 Å². The molecule has 2 heterocycles. The van der Waals surface area contributed by atoms with Gasteiger partial charge in [-0.15, -0.1) is 11.3 Å². The predicted molar refractivity (Wildman–Crippen MR) is 97.8 cm³/mol. The molecular weight excluding hydrogens is 344 g/mol. The van der Waals surface area contributed by atoms with Crippen LogP contribution in [0.25, 0.3) is 10.9 Å². The van der Waals surface area contributed by atoms with Crippen molar-refractivity contribution in [3.8, 4) is 0 Å². The first-order chi connectivity index (χ1) is 11.5. The highest BCUT2D eigenvalue weighted by molar-refractivity contribution is 8.00. The lowest BCUT2D eigenvalue weighted by molar-refractivity contribution is -0.115. The summed E-state index contributed by atoms with van der Waals surface area (Å²) in [5.74, 6) is -0.170. The molecule has 1 atom stereocenters. The van der Waals surface area contributed by atoms with Gasteiger partial charge in [-0.3, -0.25) is 14.2 Å². The molecule has 8 heteroatoms. The number of benzene rings is 1. The third-order valence-electron chi connectivity index (χ3n) is 3.44. The molecule has 1 aromatic carbocycles. The second-order valence-electron chi connectivity index (χ2n) is 5.32. The van der Waals surface area contributed by atoms with E-state index in [9.17, 15) is 9.59 Å². The molecule has 0 bridgehead atoms. The van der Waals surface area contributed by atoms with Crippen molar-refractivity contribution in [2.24, 2.45) is 7.05 Å². The lowest BCUT2D eigenvalue weighted by atomic mass is 10.2. The van der Waals surface area contributed by atoms with Crippen LogP contribution in [0.15, 0.2) is 39.6 Å². The second-order valence-corrected chi connectivity index (χ2v) is 7.49. The monoisotopic (exact) mass is 360 g/mol. The topological polar surface area (TPSA) is 76.9 Å². The zero-order valence-electron chi connectivity index (χ0n) is 13.4. The summed E-state index contributed by atoms with van der Waals surface area (Å²) < 4.78 is 1.48. The number of carbonyl (C=O) groups is 1. The average molecular weight is 360 g/mol. The van der Waals surface area contributed by atoms with Crippen LogP contribution in [0.3, 0.4) is 0 Å². The number of fused-ring (bicyclic) bond motifs is 1. The summed E-state index contributed by atoms with van der Waals surface area (Å²) in [6.07, 6.45) is 0. The van der Waals surface area contributed by atoms with Crippen molar-refractivity contribution < 1.29 is 4.79 Å². The normalized spacial score (nSPS) is 12.3. The van der Waals surface area contributed by atoms with E-state index in [1.165, 1.54) is 27.7 Å². The predicted octanol–water partition coefficient (Wildman–Crippen LogP) is 2.82. The molecule has 2 aromatic heterocycles. The van der Waals surface area contributed by atoms with Gasteiger partial charge in [0.05, 0.1) is 21.8 Å². The van der Waals surface area contributed by atoms with Crippen LogP contribution < -0.4 is 10.9 Å². The first-order valence-electron chi connectivity index (χ1n) is 7.31. The first kappa shape index (κ1) is 16.7. The lowest BCUT2D eigenvalue weighted by Gasteiger charge is -2.13. The number of nitrogens with one attached hydrogen (secondary N) is 1. The highest BCUT2D eigenvalue weighted by atomic mass is 32.2. The number of aromatic nitrogens is 3. The van der Waals surface area contributed by atoms with E-state index >= 15 is 0 Å².